The van der Waals surface area contributed by atoms with Crippen molar-refractivity contribution in [3.63, 3.8) is 0 Å². The molecule has 0 bridgehead atoms. The molecule has 3 aromatic rings. The predicted molar refractivity (Wildman–Crippen MR) is 125 cm³/mol. The molecule has 2 N–H and O–H groups in total. The highest BCUT2D eigenvalue weighted by molar-refractivity contribution is 8.00. The predicted octanol–water partition coefficient (Wildman–Crippen LogP) is 5.34. The highest BCUT2D eigenvalue weighted by Crippen LogP contribution is 2.26. The number of aryl methyl sites for hydroxylation is 2. The summed E-state index contributed by atoms with van der Waals surface area (Å²) in [5, 5.41) is 6.70. The Bertz CT molecular complexity index is 1120. The van der Waals surface area contributed by atoms with Gasteiger partial charge in [-0.15, -0.1) is 0 Å². The SMILES string of the molecule is COc1cccc(NC(=O)CSc2nc(C)cc(C)c2C(=O)Nc2cccc(Cl)c2)c1. The fourth-order valence-corrected chi connectivity index (χ4v) is 4.11. The molecule has 31 heavy (non-hydrogen) atoms. The lowest BCUT2D eigenvalue weighted by molar-refractivity contribution is -0.113. The first kappa shape index (κ1) is 22.7. The number of rotatable bonds is 7. The van der Waals surface area contributed by atoms with Gasteiger partial charge in [0, 0.05) is 28.2 Å². The van der Waals surface area contributed by atoms with Crippen LogP contribution in [0.5, 0.6) is 5.75 Å². The van der Waals surface area contributed by atoms with Gasteiger partial charge in [-0.05, 0) is 55.8 Å². The number of benzene rings is 2. The molecule has 0 unspecified atom stereocenters. The van der Waals surface area contributed by atoms with Crippen molar-refractivity contribution in [3.8, 4) is 5.75 Å². The molecular weight excluding hydrogens is 434 g/mol. The van der Waals surface area contributed by atoms with Crippen LogP contribution in [0, 0.1) is 13.8 Å². The molecule has 160 valence electrons. The van der Waals surface area contributed by atoms with Crippen LogP contribution in [0.3, 0.4) is 0 Å². The minimum Gasteiger partial charge on any atom is -0.497 e. The first-order chi connectivity index (χ1) is 14.9. The number of amides is 2. The number of ether oxygens (including phenoxy) is 1. The van der Waals surface area contributed by atoms with Gasteiger partial charge in [-0.2, -0.15) is 0 Å². The van der Waals surface area contributed by atoms with E-state index >= 15 is 0 Å². The Balaban J connectivity index is 1.74. The average molecular weight is 456 g/mol. The fraction of sp³-hybridized carbons (Fsp3) is 0.174. The molecule has 1 heterocycles. The molecule has 2 amide bonds. The smallest absolute Gasteiger partial charge is 0.258 e. The number of nitrogens with zero attached hydrogens (tertiary/aromatic N) is 1. The lowest BCUT2D eigenvalue weighted by Crippen LogP contribution is -2.18. The van der Waals surface area contributed by atoms with Crippen molar-refractivity contribution in [3.05, 3.63) is 76.4 Å². The van der Waals surface area contributed by atoms with Crippen LogP contribution in [0.4, 0.5) is 11.4 Å². The lowest BCUT2D eigenvalue weighted by Gasteiger charge is -2.13. The van der Waals surface area contributed by atoms with Gasteiger partial charge < -0.3 is 15.4 Å². The number of halogens is 1. The summed E-state index contributed by atoms with van der Waals surface area (Å²) in [6.45, 7) is 3.70. The van der Waals surface area contributed by atoms with E-state index in [0.717, 1.165) is 11.3 Å². The summed E-state index contributed by atoms with van der Waals surface area (Å²) >= 11 is 7.22. The van der Waals surface area contributed by atoms with Gasteiger partial charge in [-0.3, -0.25) is 9.59 Å². The van der Waals surface area contributed by atoms with E-state index in [-0.39, 0.29) is 17.6 Å². The second-order valence-corrected chi connectivity index (χ2v) is 8.19. The second-order valence-electron chi connectivity index (χ2n) is 6.79. The van der Waals surface area contributed by atoms with E-state index in [4.69, 9.17) is 16.3 Å². The molecule has 1 aromatic heterocycles. The number of nitrogens with one attached hydrogen (secondary N) is 2. The van der Waals surface area contributed by atoms with Crippen LogP contribution in [-0.4, -0.2) is 29.7 Å². The third-order valence-electron chi connectivity index (χ3n) is 4.31. The van der Waals surface area contributed by atoms with Gasteiger partial charge in [0.25, 0.3) is 5.91 Å². The maximum absolute atomic E-state index is 13.0. The van der Waals surface area contributed by atoms with Gasteiger partial charge in [0.1, 0.15) is 10.8 Å². The van der Waals surface area contributed by atoms with Crippen molar-refractivity contribution in [2.24, 2.45) is 0 Å². The van der Waals surface area contributed by atoms with Gasteiger partial charge in [-0.25, -0.2) is 4.98 Å². The molecule has 0 fully saturated rings. The lowest BCUT2D eigenvalue weighted by atomic mass is 10.1. The molecule has 0 saturated heterocycles. The summed E-state index contributed by atoms with van der Waals surface area (Å²) in [7, 11) is 1.57. The minimum absolute atomic E-state index is 0.102. The van der Waals surface area contributed by atoms with Crippen LogP contribution in [-0.2, 0) is 4.79 Å². The summed E-state index contributed by atoms with van der Waals surface area (Å²) in [5.74, 6) is 0.245. The average Bonchev–Trinajstić information content (AvgIpc) is 2.72. The number of methoxy groups -OCH3 is 1. The number of aromatic nitrogens is 1. The fourth-order valence-electron chi connectivity index (χ4n) is 2.97. The van der Waals surface area contributed by atoms with Crippen molar-refractivity contribution in [2.75, 3.05) is 23.5 Å². The minimum atomic E-state index is -0.303. The Morgan fingerprint density at radius 2 is 1.74 bits per heavy atom. The number of hydrogen-bond acceptors (Lipinski definition) is 5. The molecule has 0 aliphatic rings. The van der Waals surface area contributed by atoms with Crippen molar-refractivity contribution in [1.82, 2.24) is 4.98 Å². The number of anilines is 2. The highest BCUT2D eigenvalue weighted by Gasteiger charge is 2.19. The molecule has 0 spiro atoms. The largest absolute Gasteiger partial charge is 0.497 e. The van der Waals surface area contributed by atoms with Crippen LogP contribution in [0.25, 0.3) is 0 Å². The zero-order chi connectivity index (χ0) is 22.4. The first-order valence-electron chi connectivity index (χ1n) is 9.47. The molecule has 2 aromatic carbocycles. The summed E-state index contributed by atoms with van der Waals surface area (Å²) in [4.78, 5) is 29.9. The van der Waals surface area contributed by atoms with Crippen molar-refractivity contribution in [2.45, 2.75) is 18.9 Å². The second kappa shape index (κ2) is 10.3. The summed E-state index contributed by atoms with van der Waals surface area (Å²) in [5.41, 5.74) is 3.21. The monoisotopic (exact) mass is 455 g/mol. The number of pyridine rings is 1. The van der Waals surface area contributed by atoms with Crippen LogP contribution in [0.15, 0.2) is 59.6 Å². The van der Waals surface area contributed by atoms with Crippen LogP contribution in [0.1, 0.15) is 21.6 Å². The Hall–Kier alpha value is -3.03. The molecule has 0 radical (unpaired) electrons. The van der Waals surface area contributed by atoms with E-state index in [1.54, 1.807) is 55.6 Å². The zero-order valence-corrected chi connectivity index (χ0v) is 18.9. The Morgan fingerprint density at radius 1 is 1.03 bits per heavy atom. The van der Waals surface area contributed by atoms with Gasteiger partial charge in [0.15, 0.2) is 0 Å². The molecule has 0 atom stereocenters. The van der Waals surface area contributed by atoms with Crippen molar-refractivity contribution in [1.29, 1.82) is 0 Å². The van der Waals surface area contributed by atoms with Crippen LogP contribution < -0.4 is 15.4 Å². The van der Waals surface area contributed by atoms with E-state index < -0.39 is 0 Å². The summed E-state index contributed by atoms with van der Waals surface area (Å²) < 4.78 is 5.17. The highest BCUT2D eigenvalue weighted by atomic mass is 35.5. The van der Waals surface area contributed by atoms with E-state index in [1.165, 1.54) is 11.8 Å². The third kappa shape index (κ3) is 6.23. The summed E-state index contributed by atoms with van der Waals surface area (Å²) in [6, 6.07) is 15.9. The molecule has 0 saturated carbocycles. The van der Waals surface area contributed by atoms with Crippen molar-refractivity contribution >= 4 is 46.6 Å². The quantitative estimate of drug-likeness (QED) is 0.470. The number of thioether (sulfide) groups is 1. The van der Waals surface area contributed by atoms with Crippen LogP contribution in [0.2, 0.25) is 5.02 Å². The Morgan fingerprint density at radius 3 is 2.45 bits per heavy atom. The Labute approximate surface area is 190 Å². The topological polar surface area (TPSA) is 80.3 Å². The number of carbonyl (C=O) groups excluding carboxylic acids is 2. The number of hydrogen-bond donors (Lipinski definition) is 2. The number of carbonyl (C=O) groups is 2. The van der Waals surface area contributed by atoms with Gasteiger partial charge in [0.05, 0.1) is 18.4 Å². The molecule has 8 heteroatoms. The third-order valence-corrected chi connectivity index (χ3v) is 5.52. The van der Waals surface area contributed by atoms with Gasteiger partial charge in [-0.1, -0.05) is 35.5 Å². The van der Waals surface area contributed by atoms with Gasteiger partial charge >= 0.3 is 0 Å². The zero-order valence-electron chi connectivity index (χ0n) is 17.4. The van der Waals surface area contributed by atoms with Crippen molar-refractivity contribution < 1.29 is 14.3 Å². The van der Waals surface area contributed by atoms with E-state index in [0.29, 0.717) is 32.7 Å². The molecule has 0 aliphatic heterocycles. The maximum Gasteiger partial charge on any atom is 0.258 e. The maximum atomic E-state index is 13.0. The molecular formula is C23H22ClN3O3S. The van der Waals surface area contributed by atoms with E-state index in [1.807, 2.05) is 19.9 Å². The standard InChI is InChI=1S/C23H22ClN3O3S/c1-14-10-15(2)25-23(21(14)22(29)27-17-7-4-6-16(24)11-17)31-13-20(28)26-18-8-5-9-19(12-18)30-3/h4-12H,13H2,1-3H3,(H,26,28)(H,27,29). The Kier molecular flexibility index (Phi) is 7.55. The van der Waals surface area contributed by atoms with E-state index in [2.05, 4.69) is 15.6 Å². The first-order valence-corrected chi connectivity index (χ1v) is 10.8. The normalized spacial score (nSPS) is 10.5. The molecule has 6 nitrogen and oxygen atoms in total. The van der Waals surface area contributed by atoms with Gasteiger partial charge in [0.2, 0.25) is 5.91 Å². The molecule has 0 aliphatic carbocycles. The van der Waals surface area contributed by atoms with Crippen LogP contribution >= 0.6 is 23.4 Å². The van der Waals surface area contributed by atoms with E-state index in [9.17, 15) is 9.59 Å². The summed E-state index contributed by atoms with van der Waals surface area (Å²) in [6.07, 6.45) is 0. The molecule has 3 rings (SSSR count).